The Morgan fingerprint density at radius 1 is 1.53 bits per heavy atom. The summed E-state index contributed by atoms with van der Waals surface area (Å²) in [4.78, 5) is 25.6. The second-order valence-corrected chi connectivity index (χ2v) is 6.24. The first-order valence-corrected chi connectivity index (χ1v) is 7.77. The molecule has 0 aliphatic carbocycles. The topological polar surface area (TPSA) is 76.1 Å². The van der Waals surface area contributed by atoms with E-state index in [1.165, 1.54) is 12.2 Å². The summed E-state index contributed by atoms with van der Waals surface area (Å²) in [5.74, 6) is -1.01. The lowest BCUT2D eigenvalue weighted by Gasteiger charge is -2.30. The van der Waals surface area contributed by atoms with Crippen LogP contribution in [0.3, 0.4) is 0 Å². The average Bonchev–Trinajstić information content (AvgIpc) is 2.13. The minimum atomic E-state index is -4.34. The van der Waals surface area contributed by atoms with E-state index >= 15 is 0 Å². The molecule has 0 rings (SSSR count). The summed E-state index contributed by atoms with van der Waals surface area (Å²) >= 11 is 5.01. The number of hydrogen-bond donors (Lipinski definition) is 1. The van der Waals surface area contributed by atoms with Gasteiger partial charge in [-0.25, -0.2) is 9.36 Å². The highest BCUT2D eigenvalue weighted by molar-refractivity contribution is 7.80. The molecule has 0 aliphatic heterocycles. The van der Waals surface area contributed by atoms with Crippen LogP contribution in [-0.2, 0) is 18.7 Å². The molecule has 0 fully saturated rings. The molecule has 0 radical (unpaired) electrons. The van der Waals surface area contributed by atoms with Crippen LogP contribution in [-0.4, -0.2) is 35.6 Å². The SMILES string of the molecule is CCCN(OC)[C@H](C(=O)OP(=O)(O)Cl)C(C)C. The molecule has 0 spiro atoms. The first-order chi connectivity index (χ1) is 7.72. The lowest BCUT2D eigenvalue weighted by atomic mass is 10.0. The van der Waals surface area contributed by atoms with Crippen molar-refractivity contribution in [2.24, 2.45) is 5.92 Å². The maximum atomic E-state index is 11.7. The standard InChI is InChI=1S/C9H19ClNO5P/c1-5-6-11(15-4)8(7(2)3)9(12)16-17(10,13)14/h7-8H,5-6H2,1-4H3,(H,13,14)/t8-/m0/s1. The zero-order chi connectivity index (χ0) is 13.6. The number of halogens is 1. The van der Waals surface area contributed by atoms with Gasteiger partial charge in [-0.1, -0.05) is 20.8 Å². The summed E-state index contributed by atoms with van der Waals surface area (Å²) in [6.07, 6.45) is 0.766. The van der Waals surface area contributed by atoms with Crippen molar-refractivity contribution in [3.05, 3.63) is 0 Å². The van der Waals surface area contributed by atoms with Gasteiger partial charge in [-0.15, -0.1) is 0 Å². The number of hydroxylamine groups is 2. The van der Waals surface area contributed by atoms with Gasteiger partial charge in [0, 0.05) is 17.8 Å². The first kappa shape index (κ1) is 16.9. The lowest BCUT2D eigenvalue weighted by molar-refractivity contribution is -0.189. The number of carbonyl (C=O) groups is 1. The summed E-state index contributed by atoms with van der Waals surface area (Å²) in [7, 11) is 1.43. The third-order valence-electron chi connectivity index (χ3n) is 2.06. The van der Waals surface area contributed by atoms with Crippen LogP contribution >= 0.6 is 18.2 Å². The van der Waals surface area contributed by atoms with Crippen molar-refractivity contribution < 1.29 is 23.6 Å². The molecule has 17 heavy (non-hydrogen) atoms. The molecule has 6 nitrogen and oxygen atoms in total. The van der Waals surface area contributed by atoms with E-state index in [4.69, 9.17) is 21.0 Å². The van der Waals surface area contributed by atoms with Crippen molar-refractivity contribution >= 4 is 24.2 Å². The normalized spacial score (nSPS) is 16.9. The van der Waals surface area contributed by atoms with E-state index in [9.17, 15) is 9.36 Å². The maximum absolute atomic E-state index is 11.7. The van der Waals surface area contributed by atoms with E-state index in [0.717, 1.165) is 6.42 Å². The fraction of sp³-hybridized carbons (Fsp3) is 0.889. The molecule has 0 aliphatic rings. The van der Waals surface area contributed by atoms with Crippen molar-refractivity contribution in [3.8, 4) is 0 Å². The summed E-state index contributed by atoms with van der Waals surface area (Å²) in [6.45, 7) is 1.65. The van der Waals surface area contributed by atoms with Gasteiger partial charge in [-0.2, -0.15) is 5.06 Å². The fourth-order valence-corrected chi connectivity index (χ4v) is 1.99. The van der Waals surface area contributed by atoms with Gasteiger partial charge in [0.2, 0.25) is 0 Å². The molecule has 102 valence electrons. The molecular formula is C9H19ClNO5P. The van der Waals surface area contributed by atoms with Gasteiger partial charge < -0.3 is 14.3 Å². The van der Waals surface area contributed by atoms with Crippen molar-refractivity contribution in [2.75, 3.05) is 13.7 Å². The first-order valence-electron chi connectivity index (χ1n) is 5.29. The van der Waals surface area contributed by atoms with Crippen LogP contribution in [0.5, 0.6) is 0 Å². The van der Waals surface area contributed by atoms with Gasteiger partial charge in [0.25, 0.3) is 0 Å². The van der Waals surface area contributed by atoms with Crippen molar-refractivity contribution in [3.63, 3.8) is 0 Å². The third kappa shape index (κ3) is 6.38. The monoisotopic (exact) mass is 287 g/mol. The molecule has 0 aromatic heterocycles. The van der Waals surface area contributed by atoms with Crippen LogP contribution in [0.1, 0.15) is 27.2 Å². The van der Waals surface area contributed by atoms with Crippen LogP contribution in [0.4, 0.5) is 0 Å². The Hall–Kier alpha value is -0.130. The number of rotatable bonds is 7. The summed E-state index contributed by atoms with van der Waals surface area (Å²) in [5.41, 5.74) is 0. The minimum Gasteiger partial charge on any atom is -0.379 e. The molecule has 1 N–H and O–H groups in total. The highest BCUT2D eigenvalue weighted by atomic mass is 35.7. The summed E-state index contributed by atoms with van der Waals surface area (Å²) in [5, 5.41) is 1.42. The smallest absolute Gasteiger partial charge is 0.379 e. The van der Waals surface area contributed by atoms with Gasteiger partial charge in [0.1, 0.15) is 6.04 Å². The predicted molar refractivity (Wildman–Crippen MR) is 64.4 cm³/mol. The second-order valence-electron chi connectivity index (χ2n) is 3.87. The van der Waals surface area contributed by atoms with E-state index in [1.54, 1.807) is 13.8 Å². The number of hydrogen-bond acceptors (Lipinski definition) is 5. The summed E-state index contributed by atoms with van der Waals surface area (Å²) in [6, 6.07) is -0.765. The Labute approximate surface area is 106 Å². The molecule has 2 atom stereocenters. The Kier molecular flexibility index (Phi) is 7.28. The fourth-order valence-electron chi connectivity index (χ4n) is 1.45. The molecule has 0 heterocycles. The van der Waals surface area contributed by atoms with Gasteiger partial charge in [-0.05, 0) is 12.3 Å². The average molecular weight is 288 g/mol. The Morgan fingerprint density at radius 2 is 2.06 bits per heavy atom. The van der Waals surface area contributed by atoms with Crippen molar-refractivity contribution in [1.82, 2.24) is 5.06 Å². The van der Waals surface area contributed by atoms with Gasteiger partial charge in [0.05, 0.1) is 7.11 Å². The van der Waals surface area contributed by atoms with Crippen LogP contribution in [0.2, 0.25) is 0 Å². The van der Waals surface area contributed by atoms with Crippen molar-refractivity contribution in [2.45, 2.75) is 33.2 Å². The quantitative estimate of drug-likeness (QED) is 0.571. The van der Waals surface area contributed by atoms with E-state index in [1.807, 2.05) is 6.92 Å². The number of nitrogens with zero attached hydrogens (tertiary/aromatic N) is 1. The summed E-state index contributed by atoms with van der Waals surface area (Å²) < 4.78 is 15.1. The molecular weight excluding hydrogens is 269 g/mol. The van der Waals surface area contributed by atoms with E-state index in [-0.39, 0.29) is 5.92 Å². The van der Waals surface area contributed by atoms with Crippen molar-refractivity contribution in [1.29, 1.82) is 0 Å². The zero-order valence-electron chi connectivity index (χ0n) is 10.4. The largest absolute Gasteiger partial charge is 0.476 e. The molecule has 0 amide bonds. The Bertz CT molecular complexity index is 293. The molecule has 0 bridgehead atoms. The van der Waals surface area contributed by atoms with Gasteiger partial charge >= 0.3 is 12.9 Å². The van der Waals surface area contributed by atoms with Gasteiger partial charge in [0.15, 0.2) is 0 Å². The number of carbonyl (C=O) groups excluding carboxylic acids is 1. The zero-order valence-corrected chi connectivity index (χ0v) is 12.1. The maximum Gasteiger partial charge on any atom is 0.476 e. The molecule has 1 unspecified atom stereocenters. The highest BCUT2D eigenvalue weighted by Crippen LogP contribution is 2.48. The molecule has 0 aromatic rings. The highest BCUT2D eigenvalue weighted by Gasteiger charge is 2.34. The molecule has 8 heteroatoms. The third-order valence-corrected chi connectivity index (χ3v) is 2.68. The van der Waals surface area contributed by atoms with Crippen LogP contribution < -0.4 is 0 Å². The lowest BCUT2D eigenvalue weighted by Crippen LogP contribution is -2.45. The molecule has 0 saturated carbocycles. The van der Waals surface area contributed by atoms with Gasteiger partial charge in [-0.3, -0.25) is 0 Å². The van der Waals surface area contributed by atoms with Crippen LogP contribution in [0, 0.1) is 5.92 Å². The Morgan fingerprint density at radius 3 is 2.35 bits per heavy atom. The minimum absolute atomic E-state index is 0.141. The molecule has 0 saturated heterocycles. The Balaban J connectivity index is 4.83. The second kappa shape index (κ2) is 7.34. The predicted octanol–water partition coefficient (Wildman–Crippen LogP) is 2.17. The van der Waals surface area contributed by atoms with E-state index in [2.05, 4.69) is 4.52 Å². The van der Waals surface area contributed by atoms with E-state index < -0.39 is 19.0 Å². The van der Waals surface area contributed by atoms with Crippen LogP contribution in [0.15, 0.2) is 0 Å². The van der Waals surface area contributed by atoms with Crippen LogP contribution in [0.25, 0.3) is 0 Å². The van der Waals surface area contributed by atoms with E-state index in [0.29, 0.717) is 6.54 Å². The molecule has 0 aromatic carbocycles.